The highest BCUT2D eigenvalue weighted by molar-refractivity contribution is 5.71. The summed E-state index contributed by atoms with van der Waals surface area (Å²) in [7, 11) is 0. The summed E-state index contributed by atoms with van der Waals surface area (Å²) in [6, 6.07) is 0. The lowest BCUT2D eigenvalue weighted by Gasteiger charge is -2.18. The van der Waals surface area contributed by atoms with Crippen molar-refractivity contribution in [3.63, 3.8) is 0 Å². The van der Waals surface area contributed by atoms with Crippen LogP contribution in [0.3, 0.4) is 0 Å². The van der Waals surface area contributed by atoms with Crippen LogP contribution in [-0.4, -0.2) is 37.2 Å². The van der Waals surface area contributed by atoms with Gasteiger partial charge in [0.25, 0.3) is 0 Å². The first-order valence-corrected chi connectivity index (χ1v) is 23.6. The summed E-state index contributed by atoms with van der Waals surface area (Å²) in [6.07, 6.45) is 58.8. The molecule has 0 heterocycles. The lowest BCUT2D eigenvalue weighted by atomic mass is 10.1. The Kier molecular flexibility index (Phi) is 43.6. The zero-order chi connectivity index (χ0) is 42.3. The second-order valence-corrected chi connectivity index (χ2v) is 15.3. The summed E-state index contributed by atoms with van der Waals surface area (Å²) >= 11 is 0. The van der Waals surface area contributed by atoms with Gasteiger partial charge in [-0.1, -0.05) is 176 Å². The molecule has 1 unspecified atom stereocenters. The van der Waals surface area contributed by atoms with Gasteiger partial charge in [-0.3, -0.25) is 14.4 Å². The Morgan fingerprint density at radius 3 is 1.10 bits per heavy atom. The van der Waals surface area contributed by atoms with Crippen molar-refractivity contribution in [1.82, 2.24) is 0 Å². The number of unbranched alkanes of at least 4 members (excludes halogenated alkanes) is 16. The fourth-order valence-electron chi connectivity index (χ4n) is 6.08. The summed E-state index contributed by atoms with van der Waals surface area (Å²) < 4.78 is 16.6. The average molecular weight is 807 g/mol. The van der Waals surface area contributed by atoms with E-state index < -0.39 is 6.10 Å². The van der Waals surface area contributed by atoms with Crippen LogP contribution in [0, 0.1) is 0 Å². The number of carbonyl (C=O) groups excluding carboxylic acids is 3. The van der Waals surface area contributed by atoms with Gasteiger partial charge in [0.15, 0.2) is 6.10 Å². The summed E-state index contributed by atoms with van der Waals surface area (Å²) in [6.45, 7) is 6.36. The highest BCUT2D eigenvalue weighted by atomic mass is 16.6. The van der Waals surface area contributed by atoms with Crippen molar-refractivity contribution in [2.45, 2.75) is 213 Å². The highest BCUT2D eigenvalue weighted by Crippen LogP contribution is 2.12. The molecule has 0 radical (unpaired) electrons. The van der Waals surface area contributed by atoms with Crippen molar-refractivity contribution < 1.29 is 28.6 Å². The Morgan fingerprint density at radius 2 is 0.672 bits per heavy atom. The monoisotopic (exact) mass is 807 g/mol. The van der Waals surface area contributed by atoms with Crippen molar-refractivity contribution in [2.75, 3.05) is 13.2 Å². The van der Waals surface area contributed by atoms with Gasteiger partial charge >= 0.3 is 17.9 Å². The zero-order valence-corrected chi connectivity index (χ0v) is 37.5. The van der Waals surface area contributed by atoms with Gasteiger partial charge < -0.3 is 14.2 Å². The minimum absolute atomic E-state index is 0.0899. The Bertz CT molecular complexity index is 1160. The first-order chi connectivity index (χ1) is 28.5. The van der Waals surface area contributed by atoms with E-state index in [-0.39, 0.29) is 31.1 Å². The van der Waals surface area contributed by atoms with E-state index in [4.69, 9.17) is 14.2 Å². The predicted molar refractivity (Wildman–Crippen MR) is 247 cm³/mol. The molecule has 330 valence electrons. The normalized spacial score (nSPS) is 12.8. The molecule has 0 aromatic carbocycles. The molecule has 0 fully saturated rings. The van der Waals surface area contributed by atoms with Crippen LogP contribution in [-0.2, 0) is 28.6 Å². The molecule has 0 spiro atoms. The minimum atomic E-state index is -0.786. The minimum Gasteiger partial charge on any atom is -0.462 e. The fourth-order valence-corrected chi connectivity index (χ4v) is 6.08. The van der Waals surface area contributed by atoms with E-state index >= 15 is 0 Å². The third-order valence-corrected chi connectivity index (χ3v) is 9.63. The third-order valence-electron chi connectivity index (χ3n) is 9.63. The van der Waals surface area contributed by atoms with Crippen molar-refractivity contribution in [3.8, 4) is 0 Å². The van der Waals surface area contributed by atoms with Gasteiger partial charge in [0.05, 0.1) is 0 Å². The van der Waals surface area contributed by atoms with Crippen molar-refractivity contribution >= 4 is 17.9 Å². The predicted octanol–water partition coefficient (Wildman–Crippen LogP) is 15.3. The van der Waals surface area contributed by atoms with Crippen LogP contribution in [0.5, 0.6) is 0 Å². The molecule has 0 rings (SSSR count). The van der Waals surface area contributed by atoms with E-state index in [0.717, 1.165) is 128 Å². The van der Waals surface area contributed by atoms with Gasteiger partial charge in [-0.05, 0) is 96.3 Å². The Balaban J connectivity index is 4.24. The molecule has 0 saturated carbocycles. The lowest BCUT2D eigenvalue weighted by Crippen LogP contribution is -2.30. The van der Waals surface area contributed by atoms with E-state index in [2.05, 4.69) is 106 Å². The first-order valence-electron chi connectivity index (χ1n) is 23.6. The molecule has 0 saturated heterocycles. The van der Waals surface area contributed by atoms with E-state index in [0.29, 0.717) is 19.3 Å². The van der Waals surface area contributed by atoms with Crippen LogP contribution >= 0.6 is 0 Å². The third kappa shape index (κ3) is 43.7. The van der Waals surface area contributed by atoms with E-state index in [9.17, 15) is 14.4 Å². The van der Waals surface area contributed by atoms with Crippen molar-refractivity contribution in [2.24, 2.45) is 0 Å². The number of carbonyl (C=O) groups is 3. The van der Waals surface area contributed by atoms with Gasteiger partial charge in [-0.2, -0.15) is 0 Å². The summed E-state index contributed by atoms with van der Waals surface area (Å²) in [4.78, 5) is 37.5. The molecule has 0 amide bonds. The topological polar surface area (TPSA) is 78.9 Å². The molecule has 0 N–H and O–H groups in total. The molecule has 0 bridgehead atoms. The van der Waals surface area contributed by atoms with Gasteiger partial charge in [-0.25, -0.2) is 0 Å². The fraction of sp³-hybridized carbons (Fsp3) is 0.673. The van der Waals surface area contributed by atoms with Crippen LogP contribution in [0.2, 0.25) is 0 Å². The number of ether oxygens (including phenoxy) is 3. The molecule has 6 nitrogen and oxygen atoms in total. The maximum Gasteiger partial charge on any atom is 0.306 e. The van der Waals surface area contributed by atoms with Crippen LogP contribution in [0.25, 0.3) is 0 Å². The standard InChI is InChI=1S/C52H86O6/c1-4-7-10-13-15-17-19-21-22-23-24-25-26-27-28-29-30-31-33-34-36-39-42-45-51(54)57-48-49(47-56-50(53)44-41-38-12-9-6-3)58-52(55)46-43-40-37-35-32-20-18-16-14-11-8-5-2/h7,10,15-18,21-22,24-25,27-28,30-31,49H,4-6,8-9,11-14,19-20,23,26,29,32-48H2,1-3H3/b10-7-,17-15-,18-16-,22-21-,25-24-,28-27-,31-30-. The molecule has 6 heteroatoms. The number of rotatable bonds is 41. The summed E-state index contributed by atoms with van der Waals surface area (Å²) in [5, 5.41) is 0. The smallest absolute Gasteiger partial charge is 0.306 e. The van der Waals surface area contributed by atoms with Gasteiger partial charge in [0, 0.05) is 19.3 Å². The van der Waals surface area contributed by atoms with Crippen LogP contribution in [0.1, 0.15) is 207 Å². The maximum atomic E-state index is 12.7. The van der Waals surface area contributed by atoms with E-state index in [1.807, 2.05) is 0 Å². The molecule has 0 aliphatic carbocycles. The maximum absolute atomic E-state index is 12.7. The second-order valence-electron chi connectivity index (χ2n) is 15.3. The molecular weight excluding hydrogens is 721 g/mol. The number of esters is 3. The van der Waals surface area contributed by atoms with E-state index in [1.54, 1.807) is 0 Å². The van der Waals surface area contributed by atoms with Crippen LogP contribution < -0.4 is 0 Å². The Hall–Kier alpha value is -3.41. The van der Waals surface area contributed by atoms with Crippen LogP contribution in [0.4, 0.5) is 0 Å². The number of hydrogen-bond acceptors (Lipinski definition) is 6. The van der Waals surface area contributed by atoms with Gasteiger partial charge in [0.1, 0.15) is 13.2 Å². The van der Waals surface area contributed by atoms with Crippen LogP contribution in [0.15, 0.2) is 85.1 Å². The SMILES string of the molecule is CC/C=C\C/C=C\C/C=C\C/C=C\C/C=C\C/C=C\CCCCCCC(=O)OCC(COC(=O)CCCCCCC)OC(=O)CCCCCCC/C=C\CCCCC. The highest BCUT2D eigenvalue weighted by Gasteiger charge is 2.19. The number of hydrogen-bond donors (Lipinski definition) is 0. The van der Waals surface area contributed by atoms with Crippen molar-refractivity contribution in [3.05, 3.63) is 85.1 Å². The molecule has 58 heavy (non-hydrogen) atoms. The zero-order valence-electron chi connectivity index (χ0n) is 37.5. The Morgan fingerprint density at radius 1 is 0.362 bits per heavy atom. The van der Waals surface area contributed by atoms with Gasteiger partial charge in [0.2, 0.25) is 0 Å². The average Bonchev–Trinajstić information content (AvgIpc) is 3.22. The Labute approximate surface area is 356 Å². The summed E-state index contributed by atoms with van der Waals surface area (Å²) in [5.41, 5.74) is 0. The molecule has 0 aliphatic heterocycles. The number of allylic oxidation sites excluding steroid dienone is 14. The second kappa shape index (κ2) is 46.3. The lowest BCUT2D eigenvalue weighted by molar-refractivity contribution is -0.167. The molecule has 0 aromatic rings. The quantitative estimate of drug-likeness (QED) is 0.0265. The van der Waals surface area contributed by atoms with Crippen molar-refractivity contribution in [1.29, 1.82) is 0 Å². The summed E-state index contributed by atoms with van der Waals surface area (Å²) in [5.74, 6) is -0.946. The largest absolute Gasteiger partial charge is 0.462 e. The van der Waals surface area contributed by atoms with E-state index in [1.165, 1.54) is 38.5 Å². The molecule has 0 aliphatic rings. The molecular formula is C52H86O6. The molecule has 0 aromatic heterocycles. The first kappa shape index (κ1) is 54.6. The van der Waals surface area contributed by atoms with Gasteiger partial charge in [-0.15, -0.1) is 0 Å². The molecule has 1 atom stereocenters.